The predicted molar refractivity (Wildman–Crippen MR) is 118 cm³/mol. The Hall–Kier alpha value is -2.12. The monoisotopic (exact) mass is 473 g/mol. The minimum atomic E-state index is -4.83. The van der Waals surface area contributed by atoms with Gasteiger partial charge in [-0.1, -0.05) is 64.4 Å². The molecule has 1 aromatic rings. The van der Waals surface area contributed by atoms with Crippen LogP contribution in [0.2, 0.25) is 0 Å². The Bertz CT molecular complexity index is 759. The molecule has 0 N–H and O–H groups in total. The van der Waals surface area contributed by atoms with Gasteiger partial charge in [-0.05, 0) is 31.4 Å². The number of hydrogen-bond donors (Lipinski definition) is 0. The quantitative estimate of drug-likeness (QED) is 0.191. The molecule has 1 saturated heterocycles. The van der Waals surface area contributed by atoms with Gasteiger partial charge in [-0.25, -0.2) is 4.39 Å². The zero-order valence-corrected chi connectivity index (χ0v) is 19.4. The molecule has 186 valence electrons. The molecule has 4 nitrogen and oxygen atoms in total. The van der Waals surface area contributed by atoms with E-state index in [2.05, 4.69) is 6.92 Å². The molecule has 1 aliphatic heterocycles. The second kappa shape index (κ2) is 13.6. The second-order valence-corrected chi connectivity index (χ2v) is 8.72. The normalized spacial score (nSPS) is 15.0. The van der Waals surface area contributed by atoms with E-state index in [-0.39, 0.29) is 31.9 Å². The van der Waals surface area contributed by atoms with Crippen molar-refractivity contribution in [1.82, 2.24) is 4.90 Å². The second-order valence-electron chi connectivity index (χ2n) is 8.72. The number of hydrogen-bond acceptors (Lipinski definition) is 3. The Labute approximate surface area is 193 Å². The van der Waals surface area contributed by atoms with Crippen LogP contribution in [0.25, 0.3) is 0 Å². The Morgan fingerprint density at radius 2 is 1.55 bits per heavy atom. The molecule has 1 aromatic carbocycles. The van der Waals surface area contributed by atoms with Gasteiger partial charge in [-0.15, -0.1) is 0 Å². The minimum absolute atomic E-state index is 0.0856. The third-order valence-corrected chi connectivity index (χ3v) is 6.14. The Morgan fingerprint density at radius 1 is 0.970 bits per heavy atom. The molecule has 1 fully saturated rings. The number of likely N-dealkylation sites (tertiary alicyclic amines) is 1. The van der Waals surface area contributed by atoms with Crippen molar-refractivity contribution in [3.63, 3.8) is 0 Å². The molecule has 0 bridgehead atoms. The molecule has 8 heteroatoms. The zero-order valence-electron chi connectivity index (χ0n) is 19.4. The molecule has 1 heterocycles. The van der Waals surface area contributed by atoms with Gasteiger partial charge in [-0.3, -0.25) is 9.59 Å². The van der Waals surface area contributed by atoms with Crippen molar-refractivity contribution < 1.29 is 31.9 Å². The lowest BCUT2D eigenvalue weighted by Crippen LogP contribution is -2.41. The summed E-state index contributed by atoms with van der Waals surface area (Å²) < 4.78 is 59.1. The van der Waals surface area contributed by atoms with Crippen molar-refractivity contribution in [1.29, 1.82) is 0 Å². The first kappa shape index (κ1) is 27.1. The summed E-state index contributed by atoms with van der Waals surface area (Å²) >= 11 is 0. The van der Waals surface area contributed by atoms with Crippen molar-refractivity contribution in [3.8, 4) is 0 Å². The van der Waals surface area contributed by atoms with Crippen LogP contribution in [0, 0.1) is 11.7 Å². The summed E-state index contributed by atoms with van der Waals surface area (Å²) in [5, 5.41) is 0. The molecule has 1 amide bonds. The van der Waals surface area contributed by atoms with Gasteiger partial charge in [-0.2, -0.15) is 13.2 Å². The fraction of sp³-hybridized carbons (Fsp3) is 0.680. The maximum atomic E-state index is 14.1. The van der Waals surface area contributed by atoms with Gasteiger partial charge in [0, 0.05) is 13.1 Å². The van der Waals surface area contributed by atoms with E-state index in [0.717, 1.165) is 31.4 Å². The molecule has 0 radical (unpaired) electrons. The number of rotatable bonds is 12. The molecule has 0 aliphatic carbocycles. The number of amides is 1. The molecule has 33 heavy (non-hydrogen) atoms. The molecule has 0 saturated carbocycles. The minimum Gasteiger partial charge on any atom is -0.465 e. The van der Waals surface area contributed by atoms with Gasteiger partial charge in [0.15, 0.2) is 0 Å². The van der Waals surface area contributed by atoms with Crippen molar-refractivity contribution in [2.75, 3.05) is 19.7 Å². The van der Waals surface area contributed by atoms with Crippen LogP contribution in [0.15, 0.2) is 18.2 Å². The molecular formula is C25H35F4NO3. The van der Waals surface area contributed by atoms with Crippen LogP contribution >= 0.6 is 0 Å². The van der Waals surface area contributed by atoms with E-state index >= 15 is 0 Å². The summed E-state index contributed by atoms with van der Waals surface area (Å²) in [4.78, 5) is 26.1. The fourth-order valence-electron chi connectivity index (χ4n) is 4.16. The molecule has 0 spiro atoms. The van der Waals surface area contributed by atoms with Gasteiger partial charge in [0.2, 0.25) is 0 Å². The molecule has 0 aromatic heterocycles. The number of esters is 1. The van der Waals surface area contributed by atoms with Gasteiger partial charge >= 0.3 is 12.1 Å². The fourth-order valence-corrected chi connectivity index (χ4v) is 4.16. The zero-order chi connectivity index (χ0) is 24.3. The van der Waals surface area contributed by atoms with Gasteiger partial charge in [0.05, 0.1) is 23.7 Å². The topological polar surface area (TPSA) is 46.6 Å². The highest BCUT2D eigenvalue weighted by Gasteiger charge is 2.39. The van der Waals surface area contributed by atoms with Crippen LogP contribution in [0.4, 0.5) is 17.6 Å². The smallest absolute Gasteiger partial charge is 0.417 e. The first-order valence-electron chi connectivity index (χ1n) is 12.1. The first-order valence-corrected chi connectivity index (χ1v) is 12.1. The lowest BCUT2D eigenvalue weighted by molar-refractivity contribution is -0.150. The largest absolute Gasteiger partial charge is 0.465 e. The van der Waals surface area contributed by atoms with E-state index < -0.39 is 34.9 Å². The van der Waals surface area contributed by atoms with Crippen LogP contribution in [0.1, 0.15) is 93.5 Å². The van der Waals surface area contributed by atoms with Crippen molar-refractivity contribution in [2.24, 2.45) is 5.92 Å². The highest BCUT2D eigenvalue weighted by molar-refractivity contribution is 5.96. The molecular weight excluding hydrogens is 438 g/mol. The first-order chi connectivity index (χ1) is 15.8. The highest BCUT2D eigenvalue weighted by atomic mass is 19.4. The van der Waals surface area contributed by atoms with E-state index in [9.17, 15) is 27.2 Å². The standard InChI is InChI=1S/C25H35F4NO3/c1-2-3-4-5-6-7-8-9-10-18-33-24(32)19-14-16-30(17-15-19)23(31)22-20(25(27,28)29)12-11-13-21(22)26/h11-13,19H,2-10,14-18H2,1H3. The van der Waals surface area contributed by atoms with Crippen LogP contribution in [-0.4, -0.2) is 36.5 Å². The van der Waals surface area contributed by atoms with E-state index in [4.69, 9.17) is 4.74 Å². The lowest BCUT2D eigenvalue weighted by atomic mass is 9.95. The van der Waals surface area contributed by atoms with E-state index in [1.54, 1.807) is 0 Å². The molecule has 0 unspecified atom stereocenters. The van der Waals surface area contributed by atoms with Gasteiger partial charge < -0.3 is 9.64 Å². The maximum absolute atomic E-state index is 14.1. The number of carbonyl (C=O) groups excluding carboxylic acids is 2. The van der Waals surface area contributed by atoms with E-state index in [1.807, 2.05) is 0 Å². The summed E-state index contributed by atoms with van der Waals surface area (Å²) in [6, 6.07) is 2.48. The number of ether oxygens (including phenoxy) is 1. The number of unbranched alkanes of at least 4 members (excludes halogenated alkanes) is 8. The summed E-state index contributed by atoms with van der Waals surface area (Å²) in [5.41, 5.74) is -2.24. The SMILES string of the molecule is CCCCCCCCCCCOC(=O)C1CCN(C(=O)c2c(F)cccc2C(F)(F)F)CC1. The number of nitrogens with zero attached hydrogens (tertiary/aromatic N) is 1. The number of alkyl halides is 3. The Balaban J connectivity index is 1.70. The van der Waals surface area contributed by atoms with Crippen LogP contribution in [0.5, 0.6) is 0 Å². The lowest BCUT2D eigenvalue weighted by Gasteiger charge is -2.31. The van der Waals surface area contributed by atoms with Crippen molar-refractivity contribution >= 4 is 11.9 Å². The summed E-state index contributed by atoms with van der Waals surface area (Å²) in [7, 11) is 0. The van der Waals surface area contributed by atoms with Crippen LogP contribution in [-0.2, 0) is 15.7 Å². The predicted octanol–water partition coefficient (Wildman–Crippen LogP) is 6.77. The average Bonchev–Trinajstić information content (AvgIpc) is 2.79. The van der Waals surface area contributed by atoms with Crippen molar-refractivity contribution in [2.45, 2.75) is 83.7 Å². The third-order valence-electron chi connectivity index (χ3n) is 6.14. The van der Waals surface area contributed by atoms with E-state index in [0.29, 0.717) is 12.7 Å². The number of carbonyl (C=O) groups is 2. The van der Waals surface area contributed by atoms with Crippen LogP contribution in [0.3, 0.4) is 0 Å². The third kappa shape index (κ3) is 8.63. The van der Waals surface area contributed by atoms with Gasteiger partial charge in [0.25, 0.3) is 5.91 Å². The summed E-state index contributed by atoms with van der Waals surface area (Å²) in [6.45, 7) is 2.73. The molecule has 1 aliphatic rings. The van der Waals surface area contributed by atoms with Crippen molar-refractivity contribution in [3.05, 3.63) is 35.1 Å². The number of piperidine rings is 1. The van der Waals surface area contributed by atoms with E-state index in [1.165, 1.54) is 43.4 Å². The molecule has 2 rings (SSSR count). The summed E-state index contributed by atoms with van der Waals surface area (Å²) in [6.07, 6.45) is 6.24. The Kier molecular flexibility index (Phi) is 11.1. The van der Waals surface area contributed by atoms with Crippen LogP contribution < -0.4 is 0 Å². The number of benzene rings is 1. The molecule has 0 atom stereocenters. The maximum Gasteiger partial charge on any atom is 0.417 e. The van der Waals surface area contributed by atoms with Gasteiger partial charge in [0.1, 0.15) is 5.82 Å². The highest BCUT2D eigenvalue weighted by Crippen LogP contribution is 2.34. The summed E-state index contributed by atoms with van der Waals surface area (Å²) in [5.74, 6) is -2.92. The Morgan fingerprint density at radius 3 is 2.12 bits per heavy atom. The number of halogens is 4. The average molecular weight is 474 g/mol.